The van der Waals surface area contributed by atoms with Crippen LogP contribution in [0.1, 0.15) is 23.9 Å². The Kier molecular flexibility index (Phi) is 5.25. The molecular weight excluding hydrogens is 377 g/mol. The SMILES string of the molecule is COc1ccc(NC(=O)N2CCCC2c2nc(-c3ccc(F)cc3)cs2)cc1. The predicted molar refractivity (Wildman–Crippen MR) is 108 cm³/mol. The molecule has 0 radical (unpaired) electrons. The summed E-state index contributed by atoms with van der Waals surface area (Å²) in [6.07, 6.45) is 1.82. The lowest BCUT2D eigenvalue weighted by atomic mass is 10.2. The number of urea groups is 1. The second kappa shape index (κ2) is 7.98. The lowest BCUT2D eigenvalue weighted by Gasteiger charge is -2.23. The third-order valence-electron chi connectivity index (χ3n) is 4.80. The van der Waals surface area contributed by atoms with Crippen molar-refractivity contribution in [1.82, 2.24) is 9.88 Å². The fourth-order valence-corrected chi connectivity index (χ4v) is 4.30. The van der Waals surface area contributed by atoms with E-state index in [0.717, 1.165) is 40.5 Å². The maximum Gasteiger partial charge on any atom is 0.322 e. The quantitative estimate of drug-likeness (QED) is 0.648. The summed E-state index contributed by atoms with van der Waals surface area (Å²) >= 11 is 1.54. The van der Waals surface area contributed by atoms with E-state index in [-0.39, 0.29) is 17.9 Å². The van der Waals surface area contributed by atoms with Crippen molar-refractivity contribution < 1.29 is 13.9 Å². The summed E-state index contributed by atoms with van der Waals surface area (Å²) in [6, 6.07) is 13.4. The van der Waals surface area contributed by atoms with Crippen molar-refractivity contribution in [3.8, 4) is 17.0 Å². The Morgan fingerprint density at radius 3 is 2.68 bits per heavy atom. The Labute approximate surface area is 166 Å². The van der Waals surface area contributed by atoms with Gasteiger partial charge in [-0.05, 0) is 61.4 Å². The number of amides is 2. The molecule has 0 bridgehead atoms. The van der Waals surface area contributed by atoms with Gasteiger partial charge in [0.2, 0.25) is 0 Å². The van der Waals surface area contributed by atoms with Gasteiger partial charge in [-0.3, -0.25) is 0 Å². The number of ether oxygens (including phenoxy) is 1. The van der Waals surface area contributed by atoms with E-state index in [1.165, 1.54) is 23.5 Å². The first-order valence-electron chi connectivity index (χ1n) is 9.07. The van der Waals surface area contributed by atoms with E-state index in [4.69, 9.17) is 9.72 Å². The minimum absolute atomic E-state index is 0.0440. The van der Waals surface area contributed by atoms with Crippen molar-refractivity contribution in [1.29, 1.82) is 0 Å². The lowest BCUT2D eigenvalue weighted by molar-refractivity contribution is 0.207. The summed E-state index contributed by atoms with van der Waals surface area (Å²) in [5.74, 6) is 0.476. The van der Waals surface area contributed by atoms with Crippen LogP contribution in [0, 0.1) is 5.82 Å². The highest BCUT2D eigenvalue weighted by atomic mass is 32.1. The van der Waals surface area contributed by atoms with Crippen molar-refractivity contribution >= 4 is 23.1 Å². The zero-order valence-corrected chi connectivity index (χ0v) is 16.2. The van der Waals surface area contributed by atoms with Crippen LogP contribution in [0.25, 0.3) is 11.3 Å². The van der Waals surface area contributed by atoms with Gasteiger partial charge in [-0.25, -0.2) is 14.2 Å². The predicted octanol–water partition coefficient (Wildman–Crippen LogP) is 5.33. The van der Waals surface area contributed by atoms with Gasteiger partial charge >= 0.3 is 6.03 Å². The number of anilines is 1. The Balaban J connectivity index is 1.48. The number of hydrogen-bond donors (Lipinski definition) is 1. The van der Waals surface area contributed by atoms with Crippen LogP contribution in [0.15, 0.2) is 53.9 Å². The van der Waals surface area contributed by atoms with Gasteiger partial charge in [0, 0.05) is 23.2 Å². The number of carbonyl (C=O) groups is 1. The number of halogens is 1. The molecule has 28 heavy (non-hydrogen) atoms. The van der Waals surface area contributed by atoms with Crippen LogP contribution < -0.4 is 10.1 Å². The summed E-state index contributed by atoms with van der Waals surface area (Å²) in [5, 5.41) is 5.81. The summed E-state index contributed by atoms with van der Waals surface area (Å²) in [4.78, 5) is 19.3. The van der Waals surface area contributed by atoms with Crippen LogP contribution in [0.4, 0.5) is 14.9 Å². The number of methoxy groups -OCH3 is 1. The Bertz CT molecular complexity index is 957. The molecule has 1 N–H and O–H groups in total. The molecular formula is C21H20FN3O2S. The van der Waals surface area contributed by atoms with Gasteiger partial charge in [-0.15, -0.1) is 11.3 Å². The van der Waals surface area contributed by atoms with Crippen LogP contribution in [0.3, 0.4) is 0 Å². The maximum atomic E-state index is 13.1. The molecule has 5 nitrogen and oxygen atoms in total. The third kappa shape index (κ3) is 3.84. The standard InChI is InChI=1S/C21H20FN3O2S/c1-27-17-10-8-16(9-11-17)23-21(26)25-12-2-3-19(25)20-24-18(13-28-20)14-4-6-15(22)7-5-14/h4-11,13,19H,2-3,12H2,1H3,(H,23,26). The number of nitrogens with zero attached hydrogens (tertiary/aromatic N) is 2. The van der Waals surface area contributed by atoms with Gasteiger partial charge in [0.15, 0.2) is 0 Å². The minimum atomic E-state index is -0.267. The molecule has 7 heteroatoms. The van der Waals surface area contributed by atoms with E-state index in [9.17, 15) is 9.18 Å². The number of aromatic nitrogens is 1. The zero-order chi connectivity index (χ0) is 19.5. The van der Waals surface area contributed by atoms with E-state index >= 15 is 0 Å². The summed E-state index contributed by atoms with van der Waals surface area (Å²) < 4.78 is 18.3. The van der Waals surface area contributed by atoms with Crippen LogP contribution in [-0.4, -0.2) is 29.6 Å². The highest BCUT2D eigenvalue weighted by molar-refractivity contribution is 7.10. The maximum absolute atomic E-state index is 13.1. The van der Waals surface area contributed by atoms with Crippen LogP contribution in [0.5, 0.6) is 5.75 Å². The zero-order valence-electron chi connectivity index (χ0n) is 15.4. The molecule has 2 heterocycles. The highest BCUT2D eigenvalue weighted by Gasteiger charge is 2.32. The first-order valence-corrected chi connectivity index (χ1v) is 9.95. The van der Waals surface area contributed by atoms with Gasteiger partial charge in [-0.1, -0.05) is 0 Å². The van der Waals surface area contributed by atoms with Crippen LogP contribution >= 0.6 is 11.3 Å². The van der Waals surface area contributed by atoms with Crippen LogP contribution in [-0.2, 0) is 0 Å². The molecule has 0 aliphatic carbocycles. The number of hydrogen-bond acceptors (Lipinski definition) is 4. The molecule has 3 aromatic rings. The summed E-state index contributed by atoms with van der Waals surface area (Å²) in [7, 11) is 1.61. The molecule has 1 atom stereocenters. The molecule has 2 amide bonds. The molecule has 1 aromatic heterocycles. The Morgan fingerprint density at radius 2 is 1.96 bits per heavy atom. The number of likely N-dealkylation sites (tertiary alicyclic amines) is 1. The number of benzene rings is 2. The second-order valence-electron chi connectivity index (χ2n) is 6.59. The molecule has 144 valence electrons. The lowest BCUT2D eigenvalue weighted by Crippen LogP contribution is -2.34. The average Bonchev–Trinajstić information content (AvgIpc) is 3.38. The van der Waals surface area contributed by atoms with Crippen molar-refractivity contribution in [3.05, 3.63) is 64.7 Å². The number of thiazole rings is 1. The first-order chi connectivity index (χ1) is 13.6. The van der Waals surface area contributed by atoms with Crippen molar-refractivity contribution in [2.75, 3.05) is 19.0 Å². The molecule has 2 aromatic carbocycles. The smallest absolute Gasteiger partial charge is 0.322 e. The Morgan fingerprint density at radius 1 is 1.21 bits per heavy atom. The van der Waals surface area contributed by atoms with E-state index in [0.29, 0.717) is 6.54 Å². The van der Waals surface area contributed by atoms with Crippen molar-refractivity contribution in [2.24, 2.45) is 0 Å². The second-order valence-corrected chi connectivity index (χ2v) is 7.48. The van der Waals surface area contributed by atoms with Gasteiger partial charge < -0.3 is 15.0 Å². The molecule has 4 rings (SSSR count). The van der Waals surface area contributed by atoms with Gasteiger partial charge in [0.1, 0.15) is 16.6 Å². The summed E-state index contributed by atoms with van der Waals surface area (Å²) in [5.41, 5.74) is 2.40. The van der Waals surface area contributed by atoms with Crippen molar-refractivity contribution in [3.63, 3.8) is 0 Å². The van der Waals surface area contributed by atoms with E-state index in [2.05, 4.69) is 5.32 Å². The number of nitrogens with one attached hydrogen (secondary N) is 1. The fourth-order valence-electron chi connectivity index (χ4n) is 3.33. The van der Waals surface area contributed by atoms with E-state index in [1.54, 1.807) is 19.2 Å². The molecule has 1 aliphatic heterocycles. The molecule has 1 unspecified atom stereocenters. The van der Waals surface area contributed by atoms with Gasteiger partial charge in [0.05, 0.1) is 18.8 Å². The van der Waals surface area contributed by atoms with E-state index < -0.39 is 0 Å². The minimum Gasteiger partial charge on any atom is -0.497 e. The topological polar surface area (TPSA) is 54.5 Å². The largest absolute Gasteiger partial charge is 0.497 e. The fraction of sp³-hybridized carbons (Fsp3) is 0.238. The highest BCUT2D eigenvalue weighted by Crippen LogP contribution is 2.36. The third-order valence-corrected chi connectivity index (χ3v) is 5.75. The number of rotatable bonds is 4. The normalized spacial score (nSPS) is 16.2. The van der Waals surface area contributed by atoms with Crippen LogP contribution in [0.2, 0.25) is 0 Å². The molecule has 1 aliphatic rings. The first kappa shape index (κ1) is 18.4. The monoisotopic (exact) mass is 397 g/mol. The summed E-state index contributed by atoms with van der Waals surface area (Å²) in [6.45, 7) is 0.693. The number of carbonyl (C=O) groups excluding carboxylic acids is 1. The van der Waals surface area contributed by atoms with E-state index in [1.807, 2.05) is 34.5 Å². The molecule has 1 saturated heterocycles. The van der Waals surface area contributed by atoms with Gasteiger partial charge in [0.25, 0.3) is 0 Å². The molecule has 0 spiro atoms. The molecule has 0 saturated carbocycles. The Hall–Kier alpha value is -2.93. The van der Waals surface area contributed by atoms with Gasteiger partial charge in [-0.2, -0.15) is 0 Å². The average molecular weight is 397 g/mol. The molecule has 1 fully saturated rings. The van der Waals surface area contributed by atoms with Crippen molar-refractivity contribution in [2.45, 2.75) is 18.9 Å².